The average molecular weight is 319 g/mol. The van der Waals surface area contributed by atoms with Gasteiger partial charge in [-0.1, -0.05) is 18.2 Å². The highest BCUT2D eigenvalue weighted by molar-refractivity contribution is 5.94. The number of nitrogen functional groups attached to an aromatic ring is 1. The summed E-state index contributed by atoms with van der Waals surface area (Å²) in [6.07, 6.45) is 0. The number of hydrogen-bond acceptors (Lipinski definition) is 3. The zero-order valence-electron chi connectivity index (χ0n) is 11.6. The van der Waals surface area contributed by atoms with Gasteiger partial charge in [-0.2, -0.15) is 0 Å². The van der Waals surface area contributed by atoms with E-state index in [0.29, 0.717) is 0 Å². The van der Waals surface area contributed by atoms with Crippen LogP contribution in [0.2, 0.25) is 0 Å². The summed E-state index contributed by atoms with van der Waals surface area (Å²) in [7, 11) is 0. The molecule has 0 aliphatic heterocycles. The summed E-state index contributed by atoms with van der Waals surface area (Å²) >= 11 is 0. The van der Waals surface area contributed by atoms with Crippen molar-refractivity contribution in [2.24, 2.45) is 11.0 Å². The first-order valence-corrected chi connectivity index (χ1v) is 6.09. The molecule has 3 N–H and O–H groups in total. The van der Waals surface area contributed by atoms with Crippen LogP contribution in [-0.2, 0) is 0 Å². The van der Waals surface area contributed by atoms with Crippen LogP contribution in [0.15, 0.2) is 53.6 Å². The number of azide groups is 1. The SMILES string of the molecule is NNC(=O)c1cccc(F)c1.[N-]=[N+]=NC(=O)c1cccc(F)c1. The minimum absolute atomic E-state index is 0.0489. The molecule has 2 aromatic carbocycles. The average Bonchev–Trinajstić information content (AvgIpc) is 2.55. The van der Waals surface area contributed by atoms with E-state index in [1.807, 2.05) is 5.43 Å². The third-order valence-corrected chi connectivity index (χ3v) is 2.43. The van der Waals surface area contributed by atoms with Gasteiger partial charge >= 0.3 is 0 Å². The maximum Gasteiger partial charge on any atom is 0.265 e. The van der Waals surface area contributed by atoms with E-state index in [2.05, 4.69) is 10.0 Å². The Balaban J connectivity index is 0.000000231. The largest absolute Gasteiger partial charge is 0.290 e. The van der Waals surface area contributed by atoms with Gasteiger partial charge in [-0.3, -0.25) is 15.0 Å². The molecule has 2 aromatic rings. The van der Waals surface area contributed by atoms with Crippen LogP contribution < -0.4 is 11.3 Å². The van der Waals surface area contributed by atoms with E-state index >= 15 is 0 Å². The monoisotopic (exact) mass is 319 g/mol. The predicted molar refractivity (Wildman–Crippen MR) is 77.9 cm³/mol. The quantitative estimate of drug-likeness (QED) is 0.221. The third kappa shape index (κ3) is 5.92. The molecule has 0 unspecified atom stereocenters. The molecule has 9 heteroatoms. The normalized spacial score (nSPS) is 9.00. The van der Waals surface area contributed by atoms with Crippen LogP contribution in [0.1, 0.15) is 20.7 Å². The standard InChI is InChI=1S/C7H4FN3O.C7H7FN2O/c8-6-3-1-2-5(4-6)7(12)10-11-9;8-6-3-1-2-5(4-6)7(11)10-9/h1-4H;1-4H,9H2,(H,10,11). The lowest BCUT2D eigenvalue weighted by Gasteiger charge is -1.97. The number of halogens is 2. The topological polar surface area (TPSA) is 121 Å². The van der Waals surface area contributed by atoms with E-state index in [1.165, 1.54) is 36.4 Å². The summed E-state index contributed by atoms with van der Waals surface area (Å²) in [4.78, 5) is 23.9. The molecule has 0 aromatic heterocycles. The Morgan fingerprint density at radius 1 is 1.04 bits per heavy atom. The fraction of sp³-hybridized carbons (Fsp3) is 0. The molecule has 118 valence electrons. The van der Waals surface area contributed by atoms with Crippen molar-refractivity contribution in [2.75, 3.05) is 0 Å². The summed E-state index contributed by atoms with van der Waals surface area (Å²) in [5.41, 5.74) is 10.1. The van der Waals surface area contributed by atoms with E-state index < -0.39 is 23.4 Å². The summed E-state index contributed by atoms with van der Waals surface area (Å²) in [6, 6.07) is 10.3. The lowest BCUT2D eigenvalue weighted by molar-refractivity contribution is 0.0952. The van der Waals surface area contributed by atoms with Crippen molar-refractivity contribution in [1.82, 2.24) is 5.43 Å². The highest BCUT2D eigenvalue weighted by atomic mass is 19.1. The number of hydrogen-bond donors (Lipinski definition) is 2. The second-order valence-corrected chi connectivity index (χ2v) is 3.99. The molecular formula is C14H11F2N5O2. The van der Waals surface area contributed by atoms with Crippen LogP contribution in [0, 0.1) is 11.6 Å². The predicted octanol–water partition coefficient (Wildman–Crippen LogP) is 2.71. The Morgan fingerprint density at radius 2 is 1.57 bits per heavy atom. The first-order valence-electron chi connectivity index (χ1n) is 6.09. The van der Waals surface area contributed by atoms with Gasteiger partial charge in [0, 0.05) is 16.0 Å². The van der Waals surface area contributed by atoms with Crippen molar-refractivity contribution in [1.29, 1.82) is 0 Å². The van der Waals surface area contributed by atoms with E-state index in [9.17, 15) is 18.4 Å². The van der Waals surface area contributed by atoms with Crippen molar-refractivity contribution in [2.45, 2.75) is 0 Å². The van der Waals surface area contributed by atoms with Crippen molar-refractivity contribution < 1.29 is 18.4 Å². The van der Waals surface area contributed by atoms with Crippen LogP contribution in [0.5, 0.6) is 0 Å². The van der Waals surface area contributed by atoms with Gasteiger partial charge in [0.2, 0.25) is 5.91 Å². The molecular weight excluding hydrogens is 308 g/mol. The number of carbonyl (C=O) groups excluding carboxylic acids is 2. The molecule has 2 amide bonds. The van der Waals surface area contributed by atoms with Crippen LogP contribution >= 0.6 is 0 Å². The van der Waals surface area contributed by atoms with Crippen LogP contribution in [0.3, 0.4) is 0 Å². The second-order valence-electron chi connectivity index (χ2n) is 3.99. The highest BCUT2D eigenvalue weighted by Gasteiger charge is 2.03. The minimum Gasteiger partial charge on any atom is -0.290 e. The first-order chi connectivity index (χ1) is 11.0. The third-order valence-electron chi connectivity index (χ3n) is 2.43. The Morgan fingerprint density at radius 3 is 2.04 bits per heavy atom. The van der Waals surface area contributed by atoms with Crippen molar-refractivity contribution in [3.63, 3.8) is 0 Å². The number of nitrogens with zero attached hydrogens (tertiary/aromatic N) is 3. The molecule has 7 nitrogen and oxygen atoms in total. The fourth-order valence-electron chi connectivity index (χ4n) is 1.43. The molecule has 0 saturated carbocycles. The molecule has 0 saturated heterocycles. The number of nitrogens with one attached hydrogen (secondary N) is 1. The smallest absolute Gasteiger partial charge is 0.265 e. The Bertz CT molecular complexity index is 760. The summed E-state index contributed by atoms with van der Waals surface area (Å²) in [5.74, 6) is 2.57. The van der Waals surface area contributed by atoms with E-state index in [-0.39, 0.29) is 11.1 Å². The summed E-state index contributed by atoms with van der Waals surface area (Å²) in [5, 5.41) is 2.81. The molecule has 0 aliphatic rings. The Hall–Kier alpha value is -3.29. The van der Waals surface area contributed by atoms with Gasteiger partial charge in [0.25, 0.3) is 5.91 Å². The second kappa shape index (κ2) is 8.88. The van der Waals surface area contributed by atoms with Crippen molar-refractivity contribution in [3.05, 3.63) is 81.7 Å². The van der Waals surface area contributed by atoms with E-state index in [0.717, 1.165) is 12.1 Å². The fourth-order valence-corrected chi connectivity index (χ4v) is 1.43. The van der Waals surface area contributed by atoms with Gasteiger partial charge < -0.3 is 0 Å². The van der Waals surface area contributed by atoms with Gasteiger partial charge in [0.1, 0.15) is 11.6 Å². The lowest BCUT2D eigenvalue weighted by Crippen LogP contribution is -2.29. The molecule has 0 aliphatic carbocycles. The van der Waals surface area contributed by atoms with Gasteiger partial charge in [-0.05, 0) is 41.0 Å². The molecule has 0 atom stereocenters. The van der Waals surface area contributed by atoms with Crippen LogP contribution in [0.25, 0.3) is 10.4 Å². The number of amides is 2. The number of hydrazine groups is 1. The number of benzene rings is 2. The van der Waals surface area contributed by atoms with Crippen LogP contribution in [0.4, 0.5) is 8.78 Å². The van der Waals surface area contributed by atoms with Gasteiger partial charge in [-0.15, -0.1) is 0 Å². The first kappa shape index (κ1) is 17.8. The summed E-state index contributed by atoms with van der Waals surface area (Å²) < 4.78 is 24.9. The summed E-state index contributed by atoms with van der Waals surface area (Å²) in [6.45, 7) is 0. The van der Waals surface area contributed by atoms with Crippen LogP contribution in [-0.4, -0.2) is 11.8 Å². The Kier molecular flexibility index (Phi) is 6.86. The highest BCUT2D eigenvalue weighted by Crippen LogP contribution is 2.04. The molecule has 23 heavy (non-hydrogen) atoms. The van der Waals surface area contributed by atoms with Gasteiger partial charge in [0.05, 0.1) is 0 Å². The zero-order valence-corrected chi connectivity index (χ0v) is 11.6. The maximum atomic E-state index is 12.5. The lowest BCUT2D eigenvalue weighted by atomic mass is 10.2. The maximum absolute atomic E-state index is 12.5. The van der Waals surface area contributed by atoms with Crippen molar-refractivity contribution >= 4 is 11.8 Å². The molecule has 0 heterocycles. The Labute approximate surface area is 129 Å². The van der Waals surface area contributed by atoms with E-state index in [1.54, 1.807) is 0 Å². The van der Waals surface area contributed by atoms with Gasteiger partial charge in [0.15, 0.2) is 0 Å². The number of carbonyl (C=O) groups is 2. The number of rotatable bonds is 2. The number of nitrogens with two attached hydrogens (primary N) is 1. The molecule has 2 rings (SSSR count). The molecule has 0 fully saturated rings. The molecule has 0 bridgehead atoms. The van der Waals surface area contributed by atoms with Crippen molar-refractivity contribution in [3.8, 4) is 0 Å². The molecule has 0 spiro atoms. The molecule has 0 radical (unpaired) electrons. The minimum atomic E-state index is -0.781. The van der Waals surface area contributed by atoms with Gasteiger partial charge in [-0.25, -0.2) is 14.6 Å². The zero-order chi connectivity index (χ0) is 17.2. The van der Waals surface area contributed by atoms with E-state index in [4.69, 9.17) is 11.4 Å².